The molecule has 172 valence electrons. The van der Waals surface area contributed by atoms with Crippen LogP contribution in [0.25, 0.3) is 0 Å². The number of fused-ring (bicyclic) bond motifs is 5. The van der Waals surface area contributed by atoms with E-state index >= 15 is 0 Å². The molecule has 0 spiro atoms. The number of ketones is 2. The number of carbonyl (C=O) groups is 2. The van der Waals surface area contributed by atoms with Crippen LogP contribution in [0.5, 0.6) is 5.75 Å². The maximum absolute atomic E-state index is 13.3. The smallest absolute Gasteiger partial charge is 0.202 e. The molecule has 0 radical (unpaired) electrons. The van der Waals surface area contributed by atoms with Crippen molar-refractivity contribution in [2.45, 2.75) is 70.5 Å². The number of ether oxygens (including phenoxy) is 1. The van der Waals surface area contributed by atoms with Gasteiger partial charge in [0.05, 0.1) is 12.3 Å². The number of hydrogen-bond donors (Lipinski definition) is 2. The van der Waals surface area contributed by atoms with E-state index < -0.39 is 17.1 Å². The van der Waals surface area contributed by atoms with Crippen LogP contribution in [-0.2, 0) is 9.59 Å². The van der Waals surface area contributed by atoms with E-state index in [0.29, 0.717) is 25.0 Å². The molecule has 0 aromatic carbocycles. The van der Waals surface area contributed by atoms with Crippen LogP contribution in [0.2, 0.25) is 0 Å². The van der Waals surface area contributed by atoms with E-state index in [-0.39, 0.29) is 41.3 Å². The Hall–Kier alpha value is -2.05. The molecule has 1 heterocycles. The van der Waals surface area contributed by atoms with Crippen LogP contribution in [0.4, 0.5) is 0 Å². The maximum Gasteiger partial charge on any atom is 0.202 e. The van der Waals surface area contributed by atoms with Crippen molar-refractivity contribution < 1.29 is 24.5 Å². The van der Waals surface area contributed by atoms with Gasteiger partial charge in [0.2, 0.25) is 5.78 Å². The number of rotatable bonds is 4. The molecule has 0 saturated heterocycles. The lowest BCUT2D eigenvalue weighted by atomic mass is 9.45. The number of aliphatic hydroxyl groups is 2. The fourth-order valence-electron chi connectivity index (χ4n) is 7.85. The number of carbonyl (C=O) groups excluding carboxylic acids is 2. The Kier molecular flexibility index (Phi) is 5.10. The molecular weight excluding hydrogens is 406 g/mol. The highest BCUT2D eigenvalue weighted by atomic mass is 16.5. The second-order valence-corrected chi connectivity index (χ2v) is 10.9. The second kappa shape index (κ2) is 7.49. The van der Waals surface area contributed by atoms with Crippen molar-refractivity contribution in [2.24, 2.45) is 28.6 Å². The van der Waals surface area contributed by atoms with Gasteiger partial charge in [-0.25, -0.2) is 0 Å². The van der Waals surface area contributed by atoms with Gasteiger partial charge in [-0.05, 0) is 79.9 Å². The van der Waals surface area contributed by atoms with Crippen molar-refractivity contribution in [3.63, 3.8) is 0 Å². The van der Waals surface area contributed by atoms with Crippen molar-refractivity contribution in [2.75, 3.05) is 6.61 Å². The van der Waals surface area contributed by atoms with Gasteiger partial charge in [-0.3, -0.25) is 14.6 Å². The first-order valence-electron chi connectivity index (χ1n) is 11.9. The normalized spacial score (nSPS) is 43.0. The van der Waals surface area contributed by atoms with Crippen molar-refractivity contribution in [1.82, 2.24) is 4.98 Å². The molecule has 0 aliphatic heterocycles. The third-order valence-electron chi connectivity index (χ3n) is 9.51. The largest absolute Gasteiger partial charge is 0.484 e. The molecule has 3 saturated carbocycles. The van der Waals surface area contributed by atoms with Gasteiger partial charge in [0.1, 0.15) is 18.0 Å². The summed E-state index contributed by atoms with van der Waals surface area (Å²) < 4.78 is 5.63. The quantitative estimate of drug-likeness (QED) is 0.748. The van der Waals surface area contributed by atoms with Crippen LogP contribution in [-0.4, -0.2) is 45.1 Å². The third kappa shape index (κ3) is 3.02. The van der Waals surface area contributed by atoms with Crippen LogP contribution >= 0.6 is 0 Å². The zero-order chi connectivity index (χ0) is 22.7. The highest BCUT2D eigenvalue weighted by molar-refractivity contribution is 5.92. The second-order valence-electron chi connectivity index (χ2n) is 10.9. The lowest BCUT2D eigenvalue weighted by Crippen LogP contribution is -2.62. The van der Waals surface area contributed by atoms with E-state index in [2.05, 4.69) is 11.9 Å². The Labute approximate surface area is 189 Å². The predicted octanol–water partition coefficient (Wildman–Crippen LogP) is 3.26. The van der Waals surface area contributed by atoms with Crippen molar-refractivity contribution >= 4 is 11.6 Å². The monoisotopic (exact) mass is 439 g/mol. The summed E-state index contributed by atoms with van der Waals surface area (Å²) >= 11 is 0. The number of hydrogen-bond acceptors (Lipinski definition) is 6. The summed E-state index contributed by atoms with van der Waals surface area (Å²) in [5.74, 6) is 0.847. The van der Waals surface area contributed by atoms with Crippen molar-refractivity contribution in [3.05, 3.63) is 36.2 Å². The molecule has 7 atom stereocenters. The van der Waals surface area contributed by atoms with Crippen LogP contribution in [0.1, 0.15) is 58.8 Å². The van der Waals surface area contributed by atoms with Gasteiger partial charge in [0.25, 0.3) is 0 Å². The van der Waals surface area contributed by atoms with Gasteiger partial charge < -0.3 is 14.9 Å². The number of aliphatic hydroxyl groups excluding tert-OH is 1. The molecule has 1 aromatic rings. The van der Waals surface area contributed by atoms with E-state index in [1.165, 1.54) is 5.57 Å². The van der Waals surface area contributed by atoms with Crippen LogP contribution in [0.15, 0.2) is 36.2 Å². The van der Waals surface area contributed by atoms with E-state index in [1.54, 1.807) is 24.5 Å². The summed E-state index contributed by atoms with van der Waals surface area (Å²) in [4.78, 5) is 29.3. The maximum atomic E-state index is 13.3. The first-order chi connectivity index (χ1) is 15.2. The average molecular weight is 440 g/mol. The van der Waals surface area contributed by atoms with Gasteiger partial charge in [0.15, 0.2) is 5.78 Å². The van der Waals surface area contributed by atoms with Gasteiger partial charge in [0, 0.05) is 18.0 Å². The minimum Gasteiger partial charge on any atom is -0.484 e. The molecular formula is C26H33NO5. The number of allylic oxidation sites excluding steroid dienone is 1. The van der Waals surface area contributed by atoms with Gasteiger partial charge in [-0.2, -0.15) is 0 Å². The molecule has 32 heavy (non-hydrogen) atoms. The Morgan fingerprint density at radius 1 is 1.25 bits per heavy atom. The number of nitrogens with zero attached hydrogens (tertiary/aromatic N) is 1. The lowest BCUT2D eigenvalue weighted by molar-refractivity contribution is -0.181. The Bertz CT molecular complexity index is 960. The van der Waals surface area contributed by atoms with Gasteiger partial charge >= 0.3 is 0 Å². The van der Waals surface area contributed by atoms with Crippen molar-refractivity contribution in [3.8, 4) is 5.75 Å². The topological polar surface area (TPSA) is 96.7 Å². The fraction of sp³-hybridized carbons (Fsp3) is 0.654. The molecule has 4 aliphatic rings. The molecule has 5 rings (SSSR count). The highest BCUT2D eigenvalue weighted by Crippen LogP contribution is 2.67. The van der Waals surface area contributed by atoms with Gasteiger partial charge in [-0.1, -0.05) is 19.4 Å². The predicted molar refractivity (Wildman–Crippen MR) is 118 cm³/mol. The zero-order valence-corrected chi connectivity index (χ0v) is 18.9. The van der Waals surface area contributed by atoms with Crippen LogP contribution in [0.3, 0.4) is 0 Å². The Balaban J connectivity index is 1.40. The van der Waals surface area contributed by atoms with E-state index in [9.17, 15) is 19.8 Å². The summed E-state index contributed by atoms with van der Waals surface area (Å²) in [5.41, 5.74) is -1.19. The van der Waals surface area contributed by atoms with E-state index in [1.807, 2.05) is 13.0 Å². The summed E-state index contributed by atoms with van der Waals surface area (Å²) in [5, 5.41) is 23.2. The molecule has 0 bridgehead atoms. The molecule has 1 aromatic heterocycles. The van der Waals surface area contributed by atoms with Crippen LogP contribution < -0.4 is 4.74 Å². The fourth-order valence-corrected chi connectivity index (χ4v) is 7.85. The van der Waals surface area contributed by atoms with E-state index in [0.717, 1.165) is 25.7 Å². The lowest BCUT2D eigenvalue weighted by Gasteiger charge is -2.60. The minimum absolute atomic E-state index is 0.0674. The molecule has 4 aliphatic carbocycles. The summed E-state index contributed by atoms with van der Waals surface area (Å²) in [6.07, 6.45) is 9.03. The highest BCUT2D eigenvalue weighted by Gasteiger charge is 2.68. The molecule has 2 N–H and O–H groups in total. The molecule has 3 fully saturated rings. The van der Waals surface area contributed by atoms with Crippen LogP contribution in [0, 0.1) is 28.6 Å². The first kappa shape index (κ1) is 21.8. The molecule has 0 amide bonds. The Morgan fingerprint density at radius 2 is 2.06 bits per heavy atom. The SMILES string of the molecule is CC12CCC(=O)C=C1CCC1C2C(O)CC2(C)C1CC[C@]2(O)C(=O)COc1cccnc1. The summed E-state index contributed by atoms with van der Waals surface area (Å²) in [7, 11) is 0. The third-order valence-corrected chi connectivity index (χ3v) is 9.51. The zero-order valence-electron chi connectivity index (χ0n) is 18.9. The van der Waals surface area contributed by atoms with Crippen molar-refractivity contribution in [1.29, 1.82) is 0 Å². The minimum atomic E-state index is -1.51. The Morgan fingerprint density at radius 3 is 2.81 bits per heavy atom. The number of aromatic nitrogens is 1. The standard InChI is InChI=1S/C26H33NO5/c1-24-9-7-17(28)12-16(24)5-6-19-20-8-10-26(31,25(20,2)13-21(29)23(19)24)22(30)15-32-18-4-3-11-27-14-18/h3-4,11-12,14,19-21,23,29,31H,5-10,13,15H2,1-2H3/t19?,20?,21?,23?,24?,25?,26-/m0/s1. The average Bonchev–Trinajstić information content (AvgIpc) is 3.04. The molecule has 6 nitrogen and oxygen atoms in total. The molecule has 6 unspecified atom stereocenters. The number of Topliss-reactive ketones (excluding diaryl/α,β-unsaturated/α-hetero) is 1. The first-order valence-corrected chi connectivity index (χ1v) is 11.9. The van der Waals surface area contributed by atoms with E-state index in [4.69, 9.17) is 4.74 Å². The summed E-state index contributed by atoms with van der Waals surface area (Å²) in [6.45, 7) is 3.99. The molecule has 6 heteroatoms. The summed E-state index contributed by atoms with van der Waals surface area (Å²) in [6, 6.07) is 3.48. The van der Waals surface area contributed by atoms with Gasteiger partial charge in [-0.15, -0.1) is 0 Å². The number of pyridine rings is 1.